The molecule has 0 atom stereocenters. The Kier molecular flexibility index (Phi) is 3.12. The Morgan fingerprint density at radius 1 is 1.26 bits per heavy atom. The molecule has 0 saturated heterocycles. The number of benzene rings is 1. The number of hydrogen-bond acceptors (Lipinski definition) is 5. The molecule has 0 aliphatic heterocycles. The van der Waals surface area contributed by atoms with Crippen molar-refractivity contribution in [3.63, 3.8) is 0 Å². The minimum Gasteiger partial charge on any atom is -0.503 e. The van der Waals surface area contributed by atoms with Crippen LogP contribution in [0.1, 0.15) is 16.1 Å². The molecule has 0 aliphatic carbocycles. The lowest BCUT2D eigenvalue weighted by molar-refractivity contribution is 0.111. The van der Waals surface area contributed by atoms with Crippen molar-refractivity contribution in [3.8, 4) is 17.1 Å². The molecule has 0 spiro atoms. The minimum atomic E-state index is -0.749. The molecular weight excluding hydrogens is 256 g/mol. The highest BCUT2D eigenvalue weighted by Crippen LogP contribution is 2.27. The van der Waals surface area contributed by atoms with Crippen LogP contribution >= 0.6 is 0 Å². The van der Waals surface area contributed by atoms with Crippen molar-refractivity contribution in [2.75, 3.05) is 5.73 Å². The largest absolute Gasteiger partial charge is 0.503 e. The van der Waals surface area contributed by atoms with E-state index < -0.39 is 17.4 Å². The fourth-order valence-electron chi connectivity index (χ4n) is 1.51. The van der Waals surface area contributed by atoms with E-state index >= 15 is 0 Å². The van der Waals surface area contributed by atoms with Crippen LogP contribution < -0.4 is 5.73 Å². The zero-order valence-electron chi connectivity index (χ0n) is 9.82. The van der Waals surface area contributed by atoms with Gasteiger partial charge in [0.2, 0.25) is 0 Å². The van der Waals surface area contributed by atoms with Gasteiger partial charge < -0.3 is 10.8 Å². The lowest BCUT2D eigenvalue weighted by Gasteiger charge is -2.07. The second kappa shape index (κ2) is 4.60. The van der Waals surface area contributed by atoms with E-state index in [0.717, 1.165) is 12.1 Å². The summed E-state index contributed by atoms with van der Waals surface area (Å²) in [5.41, 5.74) is 4.88. The average Bonchev–Trinajstić information content (AvgIpc) is 2.37. The van der Waals surface area contributed by atoms with Crippen LogP contribution in [0.3, 0.4) is 0 Å². The number of hydrogen-bond donors (Lipinski definition) is 2. The fraction of sp³-hybridized carbons (Fsp3) is 0.0833. The van der Waals surface area contributed by atoms with Crippen LogP contribution in [0.15, 0.2) is 12.1 Å². The van der Waals surface area contributed by atoms with Gasteiger partial charge in [-0.25, -0.2) is 18.7 Å². The van der Waals surface area contributed by atoms with Crippen molar-refractivity contribution in [2.45, 2.75) is 6.92 Å². The van der Waals surface area contributed by atoms with E-state index in [9.17, 15) is 18.7 Å². The maximum absolute atomic E-state index is 13.7. The van der Waals surface area contributed by atoms with Crippen LogP contribution in [0, 0.1) is 18.6 Å². The summed E-state index contributed by atoms with van der Waals surface area (Å²) in [6.45, 7) is 1.41. The molecule has 0 saturated carbocycles. The van der Waals surface area contributed by atoms with Gasteiger partial charge in [-0.2, -0.15) is 0 Å². The van der Waals surface area contributed by atoms with E-state index in [2.05, 4.69) is 9.97 Å². The molecule has 3 N–H and O–H groups in total. The molecule has 1 aromatic carbocycles. The van der Waals surface area contributed by atoms with Crippen LogP contribution in [0.25, 0.3) is 11.4 Å². The quantitative estimate of drug-likeness (QED) is 0.808. The summed E-state index contributed by atoms with van der Waals surface area (Å²) in [4.78, 5) is 18.0. The normalized spacial score (nSPS) is 10.5. The Morgan fingerprint density at radius 3 is 2.58 bits per heavy atom. The Labute approximate surface area is 106 Å². The van der Waals surface area contributed by atoms with Gasteiger partial charge in [0, 0.05) is 0 Å². The number of aryl methyl sites for hydroxylation is 1. The van der Waals surface area contributed by atoms with E-state index in [1.54, 1.807) is 0 Å². The topological polar surface area (TPSA) is 89.1 Å². The Morgan fingerprint density at radius 2 is 1.95 bits per heavy atom. The summed E-state index contributed by atoms with van der Waals surface area (Å²) in [6.07, 6.45) is 0.249. The third kappa shape index (κ3) is 2.22. The van der Waals surface area contributed by atoms with Crippen LogP contribution in [-0.2, 0) is 0 Å². The van der Waals surface area contributed by atoms with Crippen molar-refractivity contribution in [3.05, 3.63) is 35.0 Å². The maximum atomic E-state index is 13.7. The van der Waals surface area contributed by atoms with Crippen molar-refractivity contribution >= 4 is 12.1 Å². The summed E-state index contributed by atoms with van der Waals surface area (Å²) in [6, 6.07) is 1.89. The summed E-state index contributed by atoms with van der Waals surface area (Å²) < 4.78 is 27.2. The predicted molar refractivity (Wildman–Crippen MR) is 63.6 cm³/mol. The van der Waals surface area contributed by atoms with Crippen LogP contribution in [0.2, 0.25) is 0 Å². The molecule has 0 bridgehead atoms. The number of carbonyl (C=O) groups excluding carboxylic acids is 1. The molecular formula is C12H9F2N3O2. The highest BCUT2D eigenvalue weighted by Gasteiger charge is 2.16. The lowest BCUT2D eigenvalue weighted by atomic mass is 10.1. The van der Waals surface area contributed by atoms with E-state index in [-0.39, 0.29) is 34.7 Å². The van der Waals surface area contributed by atoms with Crippen molar-refractivity contribution < 1.29 is 18.7 Å². The number of rotatable bonds is 2. The number of nitrogen functional groups attached to an aromatic ring is 1. The summed E-state index contributed by atoms with van der Waals surface area (Å²) >= 11 is 0. The van der Waals surface area contributed by atoms with Gasteiger partial charge in [-0.3, -0.25) is 4.79 Å². The third-order valence-corrected chi connectivity index (χ3v) is 2.54. The molecule has 5 nitrogen and oxygen atoms in total. The Bertz CT molecular complexity index is 675. The summed E-state index contributed by atoms with van der Waals surface area (Å²) in [5, 5.41) is 9.39. The van der Waals surface area contributed by atoms with E-state index in [4.69, 9.17) is 5.73 Å². The average molecular weight is 265 g/mol. The molecule has 2 rings (SSSR count). The molecule has 1 aromatic heterocycles. The first-order chi connectivity index (χ1) is 8.93. The van der Waals surface area contributed by atoms with E-state index in [1.807, 2.05) is 0 Å². The monoisotopic (exact) mass is 265 g/mol. The number of halogens is 2. The molecule has 2 aromatic rings. The first-order valence-electron chi connectivity index (χ1n) is 5.21. The molecule has 1 heterocycles. The Hall–Kier alpha value is -2.57. The predicted octanol–water partition coefficient (Wildman–Crippen LogP) is 1.83. The molecule has 19 heavy (non-hydrogen) atoms. The third-order valence-electron chi connectivity index (χ3n) is 2.54. The number of nitrogens with zero attached hydrogens (tertiary/aromatic N) is 2. The first kappa shape index (κ1) is 12.9. The lowest BCUT2D eigenvalue weighted by Crippen LogP contribution is -2.03. The van der Waals surface area contributed by atoms with Gasteiger partial charge in [-0.05, 0) is 24.6 Å². The highest BCUT2D eigenvalue weighted by atomic mass is 19.1. The van der Waals surface area contributed by atoms with Crippen LogP contribution in [0.5, 0.6) is 5.75 Å². The van der Waals surface area contributed by atoms with Crippen molar-refractivity contribution in [2.24, 2.45) is 0 Å². The first-order valence-corrected chi connectivity index (χ1v) is 5.21. The SMILES string of the molecule is Cc1cc(F)c(-c2nc(N)c(O)c(C=O)n2)cc1F. The van der Waals surface area contributed by atoms with E-state index in [0.29, 0.717) is 0 Å². The van der Waals surface area contributed by atoms with Gasteiger partial charge in [-0.15, -0.1) is 0 Å². The number of carbonyl (C=O) groups is 1. The molecule has 0 amide bonds. The van der Waals surface area contributed by atoms with Gasteiger partial charge in [0.25, 0.3) is 0 Å². The van der Waals surface area contributed by atoms with Gasteiger partial charge >= 0.3 is 0 Å². The molecule has 0 unspecified atom stereocenters. The second-order valence-electron chi connectivity index (χ2n) is 3.87. The molecule has 98 valence electrons. The van der Waals surface area contributed by atoms with Gasteiger partial charge in [0.1, 0.15) is 11.6 Å². The van der Waals surface area contributed by atoms with E-state index in [1.165, 1.54) is 6.92 Å². The van der Waals surface area contributed by atoms with Crippen molar-refractivity contribution in [1.29, 1.82) is 0 Å². The fourth-order valence-corrected chi connectivity index (χ4v) is 1.51. The van der Waals surface area contributed by atoms with Gasteiger partial charge in [0.15, 0.2) is 29.4 Å². The van der Waals surface area contributed by atoms with Crippen LogP contribution in [-0.4, -0.2) is 21.4 Å². The number of nitrogens with two attached hydrogens (primary N) is 1. The number of aldehydes is 1. The highest BCUT2D eigenvalue weighted by molar-refractivity contribution is 5.80. The zero-order valence-corrected chi connectivity index (χ0v) is 9.82. The summed E-state index contributed by atoms with van der Waals surface area (Å²) in [7, 11) is 0. The van der Waals surface area contributed by atoms with Gasteiger partial charge in [0.05, 0.1) is 5.56 Å². The summed E-state index contributed by atoms with van der Waals surface area (Å²) in [5.74, 6) is -2.63. The van der Waals surface area contributed by atoms with Crippen LogP contribution in [0.4, 0.5) is 14.6 Å². The zero-order chi connectivity index (χ0) is 14.2. The smallest absolute Gasteiger partial charge is 0.187 e. The number of aromatic hydroxyl groups is 1. The Balaban J connectivity index is 2.69. The minimum absolute atomic E-state index is 0.128. The number of aromatic nitrogens is 2. The second-order valence-corrected chi connectivity index (χ2v) is 3.87. The maximum Gasteiger partial charge on any atom is 0.187 e. The number of anilines is 1. The van der Waals surface area contributed by atoms with Gasteiger partial charge in [-0.1, -0.05) is 0 Å². The molecule has 0 aliphatic rings. The molecule has 0 radical (unpaired) electrons. The van der Waals surface area contributed by atoms with Crippen molar-refractivity contribution in [1.82, 2.24) is 9.97 Å². The standard InChI is InChI=1S/C12H9F2N3O2/c1-5-2-8(14)6(3-7(5)13)12-16-9(4-18)10(19)11(15)17-12/h2-4,19H,1H3,(H2,15,16,17). The molecule has 0 fully saturated rings. The molecule has 7 heteroatoms.